The third kappa shape index (κ3) is 2.06. The largest absolute Gasteiger partial charge is 0.492 e. The van der Waals surface area contributed by atoms with Crippen LogP contribution in [-0.4, -0.2) is 13.7 Å². The fourth-order valence-electron chi connectivity index (χ4n) is 2.29. The Bertz CT molecular complexity index is 445. The summed E-state index contributed by atoms with van der Waals surface area (Å²) in [5.74, 6) is -1.86. The molecule has 1 aliphatic heterocycles. The fourth-order valence-corrected chi connectivity index (χ4v) is 2.86. The first kappa shape index (κ1) is 12.8. The quantitative estimate of drug-likeness (QED) is 0.846. The van der Waals surface area contributed by atoms with Gasteiger partial charge in [0, 0.05) is 11.1 Å². The van der Waals surface area contributed by atoms with E-state index in [1.807, 2.05) is 6.92 Å². The Morgan fingerprint density at radius 2 is 2.12 bits per heavy atom. The first-order chi connectivity index (χ1) is 7.99. The molecule has 1 aromatic rings. The molecule has 0 saturated carbocycles. The van der Waals surface area contributed by atoms with Crippen molar-refractivity contribution in [2.45, 2.75) is 25.3 Å². The van der Waals surface area contributed by atoms with Gasteiger partial charge in [0.25, 0.3) is 0 Å². The van der Waals surface area contributed by atoms with Crippen molar-refractivity contribution in [2.75, 3.05) is 13.7 Å². The van der Waals surface area contributed by atoms with Crippen LogP contribution >= 0.6 is 15.9 Å². The van der Waals surface area contributed by atoms with E-state index in [0.29, 0.717) is 10.0 Å². The Hall–Kier alpha value is -0.680. The van der Waals surface area contributed by atoms with Gasteiger partial charge in [-0.3, -0.25) is 0 Å². The van der Waals surface area contributed by atoms with Gasteiger partial charge in [-0.25, -0.2) is 4.39 Å². The molecule has 0 amide bonds. The Balaban J connectivity index is 2.56. The van der Waals surface area contributed by atoms with Crippen LogP contribution in [0.1, 0.15) is 25.3 Å². The van der Waals surface area contributed by atoms with Crippen LogP contribution in [0.3, 0.4) is 0 Å². The molecule has 1 N–H and O–H groups in total. The molecular formula is C12H14BrF2NO. The summed E-state index contributed by atoms with van der Waals surface area (Å²) in [5, 5.41) is 3.21. The van der Waals surface area contributed by atoms with Crippen molar-refractivity contribution in [3.05, 3.63) is 27.7 Å². The number of nitrogens with one attached hydrogen (secondary N) is 1. The number of halogens is 3. The van der Waals surface area contributed by atoms with Crippen LogP contribution in [0, 0.1) is 11.6 Å². The second kappa shape index (κ2) is 4.53. The first-order valence-electron chi connectivity index (χ1n) is 5.46. The average Bonchev–Trinajstić information content (AvgIpc) is 2.72. The third-order valence-electron chi connectivity index (χ3n) is 3.28. The molecule has 2 nitrogen and oxygen atoms in total. The topological polar surface area (TPSA) is 21.3 Å². The van der Waals surface area contributed by atoms with E-state index in [0.717, 1.165) is 19.4 Å². The van der Waals surface area contributed by atoms with Crippen LogP contribution in [0.2, 0.25) is 0 Å². The Morgan fingerprint density at radius 1 is 1.41 bits per heavy atom. The lowest BCUT2D eigenvalue weighted by atomic mass is 9.90. The summed E-state index contributed by atoms with van der Waals surface area (Å²) in [6.45, 7) is 2.71. The summed E-state index contributed by atoms with van der Waals surface area (Å²) in [6.07, 6.45) is 1.75. The second-order valence-corrected chi connectivity index (χ2v) is 5.28. The van der Waals surface area contributed by atoms with Crippen molar-refractivity contribution >= 4 is 15.9 Å². The number of rotatable bonds is 2. The summed E-state index contributed by atoms with van der Waals surface area (Å²) in [7, 11) is 1.32. The number of methoxy groups -OCH3 is 1. The van der Waals surface area contributed by atoms with E-state index in [9.17, 15) is 8.78 Å². The number of hydrogen-bond donors (Lipinski definition) is 1. The molecule has 0 radical (unpaired) electrons. The highest BCUT2D eigenvalue weighted by Gasteiger charge is 2.35. The minimum atomic E-state index is -0.938. The SMILES string of the molecule is COc1c(Br)cc(C2(C)CCCN2)c(F)c1F. The van der Waals surface area contributed by atoms with E-state index in [-0.39, 0.29) is 5.75 Å². The van der Waals surface area contributed by atoms with E-state index in [2.05, 4.69) is 21.2 Å². The lowest BCUT2D eigenvalue weighted by molar-refractivity contribution is 0.352. The Labute approximate surface area is 107 Å². The molecule has 1 atom stereocenters. The summed E-state index contributed by atoms with van der Waals surface area (Å²) in [4.78, 5) is 0. The van der Waals surface area contributed by atoms with E-state index < -0.39 is 17.2 Å². The maximum absolute atomic E-state index is 14.0. The van der Waals surface area contributed by atoms with Gasteiger partial charge in [-0.2, -0.15) is 4.39 Å². The van der Waals surface area contributed by atoms with Crippen LogP contribution in [0.5, 0.6) is 5.75 Å². The van der Waals surface area contributed by atoms with E-state index in [1.54, 1.807) is 6.07 Å². The number of benzene rings is 1. The monoisotopic (exact) mass is 305 g/mol. The smallest absolute Gasteiger partial charge is 0.202 e. The molecule has 0 aromatic heterocycles. The van der Waals surface area contributed by atoms with E-state index >= 15 is 0 Å². The minimum Gasteiger partial charge on any atom is -0.492 e. The van der Waals surface area contributed by atoms with Crippen molar-refractivity contribution in [3.8, 4) is 5.75 Å². The molecule has 94 valence electrons. The van der Waals surface area contributed by atoms with Crippen molar-refractivity contribution in [2.24, 2.45) is 0 Å². The van der Waals surface area contributed by atoms with Crippen molar-refractivity contribution < 1.29 is 13.5 Å². The first-order valence-corrected chi connectivity index (χ1v) is 6.26. The van der Waals surface area contributed by atoms with Crippen molar-refractivity contribution in [1.82, 2.24) is 5.32 Å². The highest BCUT2D eigenvalue weighted by molar-refractivity contribution is 9.10. The van der Waals surface area contributed by atoms with E-state index in [1.165, 1.54) is 7.11 Å². The van der Waals surface area contributed by atoms with E-state index in [4.69, 9.17) is 4.74 Å². The van der Waals surface area contributed by atoms with Gasteiger partial charge in [0.05, 0.1) is 11.6 Å². The molecule has 17 heavy (non-hydrogen) atoms. The average molecular weight is 306 g/mol. The zero-order valence-electron chi connectivity index (χ0n) is 9.74. The molecular weight excluding hydrogens is 292 g/mol. The molecule has 1 heterocycles. The lowest BCUT2D eigenvalue weighted by Crippen LogP contribution is -2.34. The highest BCUT2D eigenvalue weighted by atomic mass is 79.9. The van der Waals surface area contributed by atoms with Gasteiger partial charge >= 0.3 is 0 Å². The van der Waals surface area contributed by atoms with Crippen molar-refractivity contribution in [1.29, 1.82) is 0 Å². The van der Waals surface area contributed by atoms with Gasteiger partial charge in [-0.15, -0.1) is 0 Å². The normalized spacial score (nSPS) is 24.1. The molecule has 1 aromatic carbocycles. The molecule has 2 rings (SSSR count). The van der Waals surface area contributed by atoms with Gasteiger partial charge < -0.3 is 10.1 Å². The summed E-state index contributed by atoms with van der Waals surface area (Å²) >= 11 is 3.20. The Kier molecular flexibility index (Phi) is 3.41. The predicted molar refractivity (Wildman–Crippen MR) is 65.2 cm³/mol. The van der Waals surface area contributed by atoms with Crippen LogP contribution in [0.25, 0.3) is 0 Å². The predicted octanol–water partition coefficient (Wildman–Crippen LogP) is 3.33. The third-order valence-corrected chi connectivity index (χ3v) is 3.87. The molecule has 0 aliphatic carbocycles. The summed E-state index contributed by atoms with van der Waals surface area (Å²) < 4.78 is 33.1. The van der Waals surface area contributed by atoms with Gasteiger partial charge in [0.1, 0.15) is 0 Å². The van der Waals surface area contributed by atoms with Crippen molar-refractivity contribution in [3.63, 3.8) is 0 Å². The second-order valence-electron chi connectivity index (χ2n) is 4.43. The number of hydrogen-bond acceptors (Lipinski definition) is 2. The zero-order chi connectivity index (χ0) is 12.6. The Morgan fingerprint density at radius 3 is 2.65 bits per heavy atom. The lowest BCUT2D eigenvalue weighted by Gasteiger charge is -2.26. The maximum Gasteiger partial charge on any atom is 0.202 e. The molecule has 1 saturated heterocycles. The molecule has 1 unspecified atom stereocenters. The van der Waals surface area contributed by atoms with Crippen LogP contribution in [0.4, 0.5) is 8.78 Å². The zero-order valence-corrected chi connectivity index (χ0v) is 11.3. The minimum absolute atomic E-state index is 0.0900. The van der Waals surface area contributed by atoms with Gasteiger partial charge in [0.15, 0.2) is 11.6 Å². The standard InChI is InChI=1S/C12H14BrF2NO/c1-12(4-3-5-16-12)7-6-8(13)11(17-2)10(15)9(7)14/h6,16H,3-5H2,1-2H3. The number of ether oxygens (including phenoxy) is 1. The van der Waals surface area contributed by atoms with Gasteiger partial charge in [0.2, 0.25) is 5.82 Å². The molecule has 1 aliphatic rings. The molecule has 5 heteroatoms. The van der Waals surface area contributed by atoms with Gasteiger partial charge in [-0.05, 0) is 48.3 Å². The summed E-state index contributed by atoms with van der Waals surface area (Å²) in [6, 6.07) is 1.59. The molecule has 0 bridgehead atoms. The van der Waals surface area contributed by atoms with Crippen LogP contribution in [0.15, 0.2) is 10.5 Å². The van der Waals surface area contributed by atoms with Crippen LogP contribution < -0.4 is 10.1 Å². The molecule has 0 spiro atoms. The maximum atomic E-state index is 14.0. The van der Waals surface area contributed by atoms with Crippen LogP contribution in [-0.2, 0) is 5.54 Å². The van der Waals surface area contributed by atoms with Gasteiger partial charge in [-0.1, -0.05) is 0 Å². The molecule has 1 fully saturated rings. The fraction of sp³-hybridized carbons (Fsp3) is 0.500. The highest BCUT2D eigenvalue weighted by Crippen LogP contribution is 2.39. The summed E-state index contributed by atoms with van der Waals surface area (Å²) in [5.41, 5.74) is -0.153.